The van der Waals surface area contributed by atoms with Gasteiger partial charge in [0.25, 0.3) is 0 Å². The van der Waals surface area contributed by atoms with Gasteiger partial charge >= 0.3 is 0 Å². The van der Waals surface area contributed by atoms with Crippen LogP contribution in [0.5, 0.6) is 11.5 Å². The van der Waals surface area contributed by atoms with E-state index < -0.39 is 34.1 Å². The molecule has 0 aliphatic carbocycles. The molecule has 1 unspecified atom stereocenters. The fourth-order valence-electron chi connectivity index (χ4n) is 4.12. The van der Waals surface area contributed by atoms with E-state index in [0.717, 1.165) is 5.56 Å². The van der Waals surface area contributed by atoms with Gasteiger partial charge in [0.1, 0.15) is 6.04 Å². The molecule has 37 heavy (non-hydrogen) atoms. The molecule has 0 bridgehead atoms. The van der Waals surface area contributed by atoms with Crippen LogP contribution in [0.15, 0.2) is 53.4 Å². The first-order valence-corrected chi connectivity index (χ1v) is 14.1. The van der Waals surface area contributed by atoms with Gasteiger partial charge in [-0.1, -0.05) is 64.4 Å². The van der Waals surface area contributed by atoms with E-state index in [-0.39, 0.29) is 36.6 Å². The van der Waals surface area contributed by atoms with Crippen LogP contribution in [-0.2, 0) is 21.2 Å². The summed E-state index contributed by atoms with van der Waals surface area (Å²) in [5.41, 5.74) is 9.16. The van der Waals surface area contributed by atoms with Gasteiger partial charge in [-0.15, -0.1) is 0 Å². The average molecular weight is 533 g/mol. The van der Waals surface area contributed by atoms with Crippen LogP contribution in [0.25, 0.3) is 0 Å². The lowest BCUT2D eigenvalue weighted by molar-refractivity contribution is -0.125. The van der Waals surface area contributed by atoms with Gasteiger partial charge < -0.3 is 19.9 Å². The van der Waals surface area contributed by atoms with Gasteiger partial charge in [0.05, 0.1) is 17.0 Å². The molecule has 1 aliphatic heterocycles. The molecule has 10 heteroatoms. The predicted octanol–water partition coefficient (Wildman–Crippen LogP) is 2.85. The van der Waals surface area contributed by atoms with E-state index in [2.05, 4.69) is 5.32 Å². The quantitative estimate of drug-likeness (QED) is 0.408. The minimum absolute atomic E-state index is 0.0128. The fraction of sp³-hybridized carbons (Fsp3) is 0.519. The molecule has 0 fully saturated rings. The molecule has 3 rings (SSSR count). The van der Waals surface area contributed by atoms with Crippen molar-refractivity contribution >= 4 is 15.9 Å². The minimum atomic E-state index is -3.99. The number of nitrogens with zero attached hydrogens (tertiary/aromatic N) is 1. The highest BCUT2D eigenvalue weighted by Gasteiger charge is 2.33. The third-order valence-electron chi connectivity index (χ3n) is 6.53. The van der Waals surface area contributed by atoms with Gasteiger partial charge in [0.2, 0.25) is 22.7 Å². The van der Waals surface area contributed by atoms with Crippen LogP contribution in [-0.4, -0.2) is 61.8 Å². The van der Waals surface area contributed by atoms with Crippen LogP contribution in [0.3, 0.4) is 0 Å². The van der Waals surface area contributed by atoms with Crippen molar-refractivity contribution in [1.82, 2.24) is 15.4 Å². The molecule has 1 heterocycles. The number of hydrogen-bond donors (Lipinski definition) is 2. The van der Waals surface area contributed by atoms with E-state index in [4.69, 9.17) is 15.2 Å². The Balaban J connectivity index is 1.86. The molecular weight excluding hydrogens is 494 g/mol. The lowest BCUT2D eigenvalue weighted by Gasteiger charge is -2.31. The molecule has 0 spiro atoms. The number of ether oxygens (including phenoxy) is 2. The largest absolute Gasteiger partial charge is 0.454 e. The molecule has 2 aromatic carbocycles. The van der Waals surface area contributed by atoms with Gasteiger partial charge in [-0.05, 0) is 36.0 Å². The molecule has 203 valence electrons. The maximum absolute atomic E-state index is 13.6. The summed E-state index contributed by atoms with van der Waals surface area (Å²) >= 11 is 0. The summed E-state index contributed by atoms with van der Waals surface area (Å²) in [5, 5.41) is 14.1. The first-order chi connectivity index (χ1) is 17.5. The molecule has 0 saturated heterocycles. The van der Waals surface area contributed by atoms with Gasteiger partial charge in [-0.2, -0.15) is 4.31 Å². The molecule has 0 aromatic heterocycles. The number of aliphatic hydroxyl groups excluding tert-OH is 1. The zero-order valence-corrected chi connectivity index (χ0v) is 22.7. The van der Waals surface area contributed by atoms with Gasteiger partial charge in [-0.25, -0.2) is 14.2 Å². The van der Waals surface area contributed by atoms with E-state index >= 15 is 0 Å². The van der Waals surface area contributed by atoms with E-state index in [1.165, 1.54) is 16.4 Å². The maximum Gasteiger partial charge on any atom is 0.243 e. The number of amides is 1. The average Bonchev–Trinajstić information content (AvgIpc) is 3.35. The van der Waals surface area contributed by atoms with E-state index in [0.29, 0.717) is 24.3 Å². The topological polar surface area (TPSA) is 129 Å². The summed E-state index contributed by atoms with van der Waals surface area (Å²) in [4.78, 5) is 12.9. The van der Waals surface area contributed by atoms with Crippen molar-refractivity contribution in [3.63, 3.8) is 0 Å². The van der Waals surface area contributed by atoms with Crippen LogP contribution >= 0.6 is 0 Å². The number of rotatable bonds is 13. The van der Waals surface area contributed by atoms with Gasteiger partial charge in [0.15, 0.2) is 11.5 Å². The third kappa shape index (κ3) is 7.44. The van der Waals surface area contributed by atoms with E-state index in [9.17, 15) is 18.3 Å². The lowest BCUT2D eigenvalue weighted by Crippen LogP contribution is -2.54. The summed E-state index contributed by atoms with van der Waals surface area (Å²) in [7, 11) is -3.99. The van der Waals surface area contributed by atoms with Crippen LogP contribution < -0.4 is 20.5 Å². The zero-order valence-electron chi connectivity index (χ0n) is 21.9. The summed E-state index contributed by atoms with van der Waals surface area (Å²) in [6.45, 7) is 7.53. The minimum Gasteiger partial charge on any atom is -0.454 e. The monoisotopic (exact) mass is 532 g/mol. The number of benzene rings is 2. The SMILES string of the molecule is CCC(C)[C@H]([NH])C(=O)N[C@@H](Cc1ccccc1)[C@H](O)CN(CC(C)C)S(=O)(=O)c1ccc2c(c1)OCO2. The number of aliphatic hydroxyl groups is 1. The normalized spacial score (nSPS) is 16.4. The molecule has 9 nitrogen and oxygen atoms in total. The first-order valence-electron chi connectivity index (χ1n) is 12.7. The molecular formula is C27H38N3O6S. The smallest absolute Gasteiger partial charge is 0.243 e. The predicted molar refractivity (Wildman–Crippen MR) is 141 cm³/mol. The number of hydrogen-bond acceptors (Lipinski definition) is 6. The van der Waals surface area contributed by atoms with Crippen LogP contribution in [0.1, 0.15) is 39.7 Å². The lowest BCUT2D eigenvalue weighted by atomic mass is 9.97. The Kier molecular flexibility index (Phi) is 9.94. The Bertz CT molecular complexity index is 1140. The molecule has 2 aromatic rings. The Morgan fingerprint density at radius 3 is 2.41 bits per heavy atom. The molecule has 1 amide bonds. The van der Waals surface area contributed by atoms with Gasteiger partial charge in [-0.3, -0.25) is 4.79 Å². The number of nitrogens with one attached hydrogen (secondary N) is 2. The van der Waals surface area contributed by atoms with E-state index in [1.54, 1.807) is 6.07 Å². The first kappa shape index (κ1) is 28.9. The van der Waals surface area contributed by atoms with Crippen molar-refractivity contribution in [3.8, 4) is 11.5 Å². The van der Waals surface area contributed by atoms with Crippen molar-refractivity contribution in [2.24, 2.45) is 11.8 Å². The number of sulfonamides is 1. The summed E-state index contributed by atoms with van der Waals surface area (Å²) < 4.78 is 39.2. The standard InChI is InChI=1S/C27H38N3O6S/c1-5-19(4)26(28)27(32)29-22(13-20-9-7-6-8-10-20)23(31)16-30(15-18(2)3)37(33,34)21-11-12-24-25(14-21)36-17-35-24/h6-12,14,18-19,22-23,26,28,31H,5,13,15-17H2,1-4H3,(H,29,32)/t19?,22-,23+,26-/m0/s1. The van der Waals surface area contributed by atoms with Crippen LogP contribution in [0.2, 0.25) is 0 Å². The van der Waals surface area contributed by atoms with Crippen LogP contribution in [0.4, 0.5) is 0 Å². The highest BCUT2D eigenvalue weighted by molar-refractivity contribution is 7.89. The Morgan fingerprint density at radius 2 is 1.76 bits per heavy atom. The van der Waals surface area contributed by atoms with Crippen molar-refractivity contribution < 1.29 is 27.8 Å². The fourth-order valence-corrected chi connectivity index (χ4v) is 5.76. The molecule has 3 N–H and O–H groups in total. The van der Waals surface area contributed by atoms with Crippen molar-refractivity contribution in [2.75, 3.05) is 19.9 Å². The highest BCUT2D eigenvalue weighted by atomic mass is 32.2. The summed E-state index contributed by atoms with van der Waals surface area (Å²) in [6, 6.07) is 12.0. The number of carbonyl (C=O) groups is 1. The maximum atomic E-state index is 13.6. The summed E-state index contributed by atoms with van der Waals surface area (Å²) in [5.74, 6) is 0.182. The Labute approximate surface area is 220 Å². The third-order valence-corrected chi connectivity index (χ3v) is 8.35. The Morgan fingerprint density at radius 1 is 1.08 bits per heavy atom. The molecule has 1 aliphatic rings. The van der Waals surface area contributed by atoms with E-state index in [1.807, 2.05) is 58.0 Å². The van der Waals surface area contributed by atoms with Gasteiger partial charge in [0, 0.05) is 19.2 Å². The molecule has 4 atom stereocenters. The van der Waals surface area contributed by atoms with Crippen LogP contribution in [0, 0.1) is 11.8 Å². The van der Waals surface area contributed by atoms with Crippen molar-refractivity contribution in [3.05, 3.63) is 54.1 Å². The van der Waals surface area contributed by atoms with Crippen molar-refractivity contribution in [2.45, 2.75) is 63.6 Å². The molecule has 0 saturated carbocycles. The second kappa shape index (κ2) is 12.7. The highest BCUT2D eigenvalue weighted by Crippen LogP contribution is 2.34. The molecule has 1 radical (unpaired) electrons. The Hall–Kier alpha value is -2.66. The second-order valence-electron chi connectivity index (χ2n) is 9.97. The van der Waals surface area contributed by atoms with Crippen molar-refractivity contribution in [1.29, 1.82) is 0 Å². The number of carbonyl (C=O) groups excluding carboxylic acids is 1. The summed E-state index contributed by atoms with van der Waals surface area (Å²) in [6.07, 6.45) is -0.250. The second-order valence-corrected chi connectivity index (χ2v) is 11.9. The zero-order chi connectivity index (χ0) is 27.2. The number of fused-ring (bicyclic) bond motifs is 1.